The molecule has 0 unspecified atom stereocenters. The highest BCUT2D eigenvalue weighted by Gasteiger charge is 2.30. The van der Waals surface area contributed by atoms with Gasteiger partial charge in [-0.2, -0.15) is 5.26 Å². The van der Waals surface area contributed by atoms with Gasteiger partial charge < -0.3 is 4.90 Å². The smallest absolute Gasteiger partial charge is 0.237 e. The topological polar surface area (TPSA) is 57.0 Å². The second kappa shape index (κ2) is 7.05. The van der Waals surface area contributed by atoms with Crippen molar-refractivity contribution in [1.82, 2.24) is 4.98 Å². The molecule has 0 fully saturated rings. The van der Waals surface area contributed by atoms with Gasteiger partial charge in [0.2, 0.25) is 5.91 Å². The van der Waals surface area contributed by atoms with Crippen LogP contribution in [-0.4, -0.2) is 22.7 Å². The summed E-state index contributed by atoms with van der Waals surface area (Å²) in [6, 6.07) is 18.2. The first-order chi connectivity index (χ1) is 13.1. The molecular weight excluding hydrogens is 354 g/mol. The number of hydrogen-bond donors (Lipinski definition) is 0. The number of hydrogen-bond acceptors (Lipinski definition) is 4. The lowest BCUT2D eigenvalue weighted by Crippen LogP contribution is -2.37. The Morgan fingerprint density at radius 2 is 2.11 bits per heavy atom. The Morgan fingerprint density at radius 1 is 1.30 bits per heavy atom. The Hall–Kier alpha value is -2.84. The number of carbonyl (C=O) groups is 1. The van der Waals surface area contributed by atoms with E-state index < -0.39 is 0 Å². The summed E-state index contributed by atoms with van der Waals surface area (Å²) in [6.07, 6.45) is 0.878. The van der Waals surface area contributed by atoms with Gasteiger partial charge in [0.1, 0.15) is 11.1 Å². The van der Waals surface area contributed by atoms with E-state index in [1.807, 2.05) is 54.3 Å². The van der Waals surface area contributed by atoms with Crippen LogP contribution in [0.4, 0.5) is 5.69 Å². The van der Waals surface area contributed by atoms with E-state index in [9.17, 15) is 10.1 Å². The normalized spacial score (nSPS) is 15.6. The summed E-state index contributed by atoms with van der Waals surface area (Å²) in [6.45, 7) is 4.09. The summed E-state index contributed by atoms with van der Waals surface area (Å²) in [5.74, 6) is 0.310. The molecule has 0 radical (unpaired) electrons. The number of fused-ring (bicyclic) bond motifs is 2. The first-order valence-electron chi connectivity index (χ1n) is 8.91. The lowest BCUT2D eigenvalue weighted by Gasteiger charge is -2.22. The Kier molecular flexibility index (Phi) is 4.59. The van der Waals surface area contributed by atoms with Crippen molar-refractivity contribution in [1.29, 1.82) is 5.26 Å². The second-order valence-corrected chi connectivity index (χ2v) is 7.85. The minimum Gasteiger partial charge on any atom is -0.308 e. The summed E-state index contributed by atoms with van der Waals surface area (Å²) in [5, 5.41) is 11.0. The molecule has 1 aliphatic rings. The molecule has 0 N–H and O–H groups in total. The van der Waals surface area contributed by atoms with Crippen LogP contribution in [0.1, 0.15) is 23.6 Å². The molecule has 1 atom stereocenters. The van der Waals surface area contributed by atoms with Gasteiger partial charge in [0.15, 0.2) is 0 Å². The van der Waals surface area contributed by atoms with Crippen molar-refractivity contribution in [2.75, 3.05) is 10.7 Å². The fourth-order valence-electron chi connectivity index (χ4n) is 3.59. The van der Waals surface area contributed by atoms with E-state index in [0.717, 1.165) is 28.6 Å². The number of para-hydroxylation sites is 1. The summed E-state index contributed by atoms with van der Waals surface area (Å²) in [5.41, 5.74) is 4.69. The van der Waals surface area contributed by atoms with E-state index >= 15 is 0 Å². The number of thioether (sulfide) groups is 1. The molecule has 1 aromatic heterocycles. The Morgan fingerprint density at radius 3 is 2.93 bits per heavy atom. The van der Waals surface area contributed by atoms with Gasteiger partial charge in [0, 0.05) is 17.1 Å². The van der Waals surface area contributed by atoms with E-state index in [-0.39, 0.29) is 17.7 Å². The third kappa shape index (κ3) is 3.29. The van der Waals surface area contributed by atoms with E-state index in [1.54, 1.807) is 0 Å². The van der Waals surface area contributed by atoms with Gasteiger partial charge >= 0.3 is 0 Å². The van der Waals surface area contributed by atoms with Gasteiger partial charge in [-0.25, -0.2) is 4.98 Å². The molecule has 1 aliphatic heterocycles. The van der Waals surface area contributed by atoms with Crippen molar-refractivity contribution in [2.24, 2.45) is 0 Å². The maximum absolute atomic E-state index is 12.9. The molecule has 2 heterocycles. The summed E-state index contributed by atoms with van der Waals surface area (Å²) < 4.78 is 0. The highest BCUT2D eigenvalue weighted by atomic mass is 32.2. The largest absolute Gasteiger partial charge is 0.308 e. The molecule has 0 bridgehead atoms. The van der Waals surface area contributed by atoms with Crippen LogP contribution < -0.4 is 4.90 Å². The first kappa shape index (κ1) is 17.6. The van der Waals surface area contributed by atoms with Crippen LogP contribution in [0.15, 0.2) is 53.6 Å². The minimum absolute atomic E-state index is 0.0486. The Balaban J connectivity index is 1.58. The Bertz CT molecular complexity index is 1090. The third-order valence-electron chi connectivity index (χ3n) is 4.87. The number of benzene rings is 2. The maximum Gasteiger partial charge on any atom is 0.237 e. The molecule has 5 heteroatoms. The molecule has 0 aliphatic carbocycles. The second-order valence-electron chi connectivity index (χ2n) is 6.88. The fraction of sp³-hybridized carbons (Fsp3) is 0.227. The number of aryl methyl sites for hydroxylation is 1. The van der Waals surface area contributed by atoms with Crippen molar-refractivity contribution in [3.63, 3.8) is 0 Å². The van der Waals surface area contributed by atoms with Gasteiger partial charge in [-0.05, 0) is 49.6 Å². The van der Waals surface area contributed by atoms with Crippen LogP contribution in [0.5, 0.6) is 0 Å². The number of anilines is 1. The predicted molar refractivity (Wildman–Crippen MR) is 109 cm³/mol. The van der Waals surface area contributed by atoms with E-state index in [1.165, 1.54) is 17.3 Å². The van der Waals surface area contributed by atoms with Gasteiger partial charge in [0.25, 0.3) is 0 Å². The van der Waals surface area contributed by atoms with E-state index in [0.29, 0.717) is 10.6 Å². The van der Waals surface area contributed by atoms with Crippen LogP contribution >= 0.6 is 11.8 Å². The number of nitrogens with zero attached hydrogens (tertiary/aromatic N) is 3. The lowest BCUT2D eigenvalue weighted by molar-refractivity contribution is -0.116. The molecule has 4 nitrogen and oxygen atoms in total. The number of rotatable bonds is 3. The van der Waals surface area contributed by atoms with Crippen molar-refractivity contribution < 1.29 is 4.79 Å². The number of carbonyl (C=O) groups excluding carboxylic acids is 1. The highest BCUT2D eigenvalue weighted by Crippen LogP contribution is 2.33. The molecule has 0 saturated carbocycles. The number of nitriles is 1. The van der Waals surface area contributed by atoms with Gasteiger partial charge in [0.05, 0.1) is 16.8 Å². The fourth-order valence-corrected chi connectivity index (χ4v) is 4.42. The molecule has 0 spiro atoms. The third-order valence-corrected chi connectivity index (χ3v) is 5.84. The zero-order chi connectivity index (χ0) is 19.0. The molecule has 4 rings (SSSR count). The van der Waals surface area contributed by atoms with Crippen molar-refractivity contribution in [2.45, 2.75) is 31.3 Å². The number of amides is 1. The average Bonchev–Trinajstić information content (AvgIpc) is 3.01. The first-order valence-corrected chi connectivity index (χ1v) is 9.89. The number of pyridine rings is 1. The number of aromatic nitrogens is 1. The SMILES string of the molecule is Cc1ccc2cc(C#N)c(SCC(=O)N3c4ccccc4C[C@@H]3C)nc2c1. The average molecular weight is 373 g/mol. The molecule has 1 amide bonds. The summed E-state index contributed by atoms with van der Waals surface area (Å²) in [7, 11) is 0. The van der Waals surface area contributed by atoms with Gasteiger partial charge in [-0.15, -0.1) is 0 Å². The van der Waals surface area contributed by atoms with E-state index in [2.05, 4.69) is 24.0 Å². The zero-order valence-corrected chi connectivity index (χ0v) is 16.1. The summed E-state index contributed by atoms with van der Waals surface area (Å²) >= 11 is 1.34. The molecule has 134 valence electrons. The predicted octanol–water partition coefficient (Wildman–Crippen LogP) is 4.48. The lowest BCUT2D eigenvalue weighted by atomic mass is 10.1. The highest BCUT2D eigenvalue weighted by molar-refractivity contribution is 8.00. The molecule has 2 aromatic carbocycles. The van der Waals surface area contributed by atoms with Crippen molar-refractivity contribution in [3.05, 3.63) is 65.2 Å². The molecule has 27 heavy (non-hydrogen) atoms. The maximum atomic E-state index is 12.9. The Labute approximate surface area is 162 Å². The van der Waals surface area contributed by atoms with Crippen LogP contribution in [0, 0.1) is 18.3 Å². The molecular formula is C22H19N3OS. The standard InChI is InChI=1S/C22H19N3OS/c1-14-7-8-16-11-18(12-23)22(24-19(16)9-14)27-13-21(26)25-15(2)10-17-5-3-4-6-20(17)25/h3-9,11,15H,10,13H2,1-2H3/t15-/m0/s1. The van der Waals surface area contributed by atoms with Gasteiger partial charge in [-0.3, -0.25) is 4.79 Å². The summed E-state index contributed by atoms with van der Waals surface area (Å²) in [4.78, 5) is 19.4. The van der Waals surface area contributed by atoms with E-state index in [4.69, 9.17) is 0 Å². The van der Waals surface area contributed by atoms with Crippen molar-refractivity contribution >= 4 is 34.3 Å². The van der Waals surface area contributed by atoms with Crippen LogP contribution in [-0.2, 0) is 11.2 Å². The zero-order valence-electron chi connectivity index (χ0n) is 15.3. The van der Waals surface area contributed by atoms with Crippen LogP contribution in [0.3, 0.4) is 0 Å². The minimum atomic E-state index is 0.0486. The van der Waals surface area contributed by atoms with Crippen LogP contribution in [0.25, 0.3) is 10.9 Å². The van der Waals surface area contributed by atoms with Crippen molar-refractivity contribution in [3.8, 4) is 6.07 Å². The molecule has 0 saturated heterocycles. The molecule has 3 aromatic rings. The quantitative estimate of drug-likeness (QED) is 0.635. The monoisotopic (exact) mass is 373 g/mol. The van der Waals surface area contributed by atoms with Crippen LogP contribution in [0.2, 0.25) is 0 Å². The van der Waals surface area contributed by atoms with Gasteiger partial charge in [-0.1, -0.05) is 42.1 Å².